The smallest absolute Gasteiger partial charge is 0.257 e. The van der Waals surface area contributed by atoms with Gasteiger partial charge in [0.1, 0.15) is 5.75 Å². The molecule has 3 rings (SSSR count). The van der Waals surface area contributed by atoms with Gasteiger partial charge in [0.25, 0.3) is 11.8 Å². The van der Waals surface area contributed by atoms with Crippen LogP contribution < -0.4 is 20.7 Å². The summed E-state index contributed by atoms with van der Waals surface area (Å²) in [6.45, 7) is 4.19. The van der Waals surface area contributed by atoms with Gasteiger partial charge in [0.05, 0.1) is 23.4 Å². The van der Waals surface area contributed by atoms with Gasteiger partial charge >= 0.3 is 0 Å². The summed E-state index contributed by atoms with van der Waals surface area (Å²) in [5, 5.41) is 8.90. The lowest BCUT2D eigenvalue weighted by molar-refractivity contribution is 0.0976. The van der Waals surface area contributed by atoms with Crippen LogP contribution in [0.2, 0.25) is 5.02 Å². The van der Waals surface area contributed by atoms with E-state index in [1.165, 1.54) is 7.11 Å². The molecule has 2 amide bonds. The van der Waals surface area contributed by atoms with Crippen LogP contribution >= 0.6 is 23.8 Å². The van der Waals surface area contributed by atoms with Crippen molar-refractivity contribution in [2.24, 2.45) is 0 Å². The van der Waals surface area contributed by atoms with Crippen LogP contribution in [0.5, 0.6) is 5.75 Å². The Kier molecular flexibility index (Phi) is 8.03. The van der Waals surface area contributed by atoms with Gasteiger partial charge in [-0.1, -0.05) is 49.7 Å². The van der Waals surface area contributed by atoms with Crippen molar-refractivity contribution in [3.05, 3.63) is 88.4 Å². The quantitative estimate of drug-likeness (QED) is 0.385. The van der Waals surface area contributed by atoms with E-state index in [0.29, 0.717) is 39.2 Å². The molecule has 0 radical (unpaired) electrons. The molecule has 0 saturated heterocycles. The van der Waals surface area contributed by atoms with Gasteiger partial charge in [0, 0.05) is 17.3 Å². The van der Waals surface area contributed by atoms with E-state index in [2.05, 4.69) is 29.8 Å². The van der Waals surface area contributed by atoms with E-state index in [0.717, 1.165) is 5.56 Å². The van der Waals surface area contributed by atoms with E-state index >= 15 is 0 Å². The highest BCUT2D eigenvalue weighted by molar-refractivity contribution is 7.80. The number of halogens is 1. The number of carbonyl (C=O) groups is 2. The molecule has 0 aliphatic heterocycles. The zero-order valence-electron chi connectivity index (χ0n) is 18.4. The average Bonchev–Trinajstić information content (AvgIpc) is 2.80. The Morgan fingerprint density at radius 1 is 0.939 bits per heavy atom. The molecular weight excluding hydrogens is 458 g/mol. The fourth-order valence-corrected chi connectivity index (χ4v) is 3.50. The van der Waals surface area contributed by atoms with Crippen LogP contribution in [-0.2, 0) is 0 Å². The monoisotopic (exact) mass is 481 g/mol. The molecular formula is C25H24ClN3O3S. The maximum Gasteiger partial charge on any atom is 0.257 e. The van der Waals surface area contributed by atoms with Crippen LogP contribution in [0.25, 0.3) is 0 Å². The summed E-state index contributed by atoms with van der Waals surface area (Å²) in [7, 11) is 1.49. The number of carbonyl (C=O) groups excluding carboxylic acids is 2. The summed E-state index contributed by atoms with van der Waals surface area (Å²) in [4.78, 5) is 25.0. The van der Waals surface area contributed by atoms with Crippen molar-refractivity contribution in [1.82, 2.24) is 5.32 Å². The van der Waals surface area contributed by atoms with Gasteiger partial charge in [-0.3, -0.25) is 14.9 Å². The molecule has 0 spiro atoms. The first-order valence-electron chi connectivity index (χ1n) is 10.2. The number of hydrogen-bond acceptors (Lipinski definition) is 4. The van der Waals surface area contributed by atoms with Gasteiger partial charge in [-0.2, -0.15) is 0 Å². The summed E-state index contributed by atoms with van der Waals surface area (Å²) in [6.07, 6.45) is 0. The fraction of sp³-hybridized carbons (Fsp3) is 0.160. The normalized spacial score (nSPS) is 10.5. The number of hydrogen-bond donors (Lipinski definition) is 3. The maximum absolute atomic E-state index is 12.5. The Hall–Kier alpha value is -3.42. The van der Waals surface area contributed by atoms with Crippen molar-refractivity contribution < 1.29 is 14.3 Å². The third-order valence-electron chi connectivity index (χ3n) is 4.89. The number of nitrogens with one attached hydrogen (secondary N) is 3. The van der Waals surface area contributed by atoms with Gasteiger partial charge in [-0.25, -0.2) is 0 Å². The molecule has 0 unspecified atom stereocenters. The molecule has 170 valence electrons. The van der Waals surface area contributed by atoms with Crippen LogP contribution in [0, 0.1) is 0 Å². The lowest BCUT2D eigenvalue weighted by Crippen LogP contribution is -2.34. The van der Waals surface area contributed by atoms with Crippen molar-refractivity contribution in [3.63, 3.8) is 0 Å². The summed E-state index contributed by atoms with van der Waals surface area (Å²) in [6, 6.07) is 19.2. The zero-order chi connectivity index (χ0) is 24.0. The lowest BCUT2D eigenvalue weighted by Gasteiger charge is -2.14. The molecule has 0 heterocycles. The maximum atomic E-state index is 12.5. The van der Waals surface area contributed by atoms with Crippen molar-refractivity contribution >= 4 is 52.1 Å². The average molecular weight is 482 g/mol. The molecule has 33 heavy (non-hydrogen) atoms. The first-order chi connectivity index (χ1) is 15.8. The summed E-state index contributed by atoms with van der Waals surface area (Å²) >= 11 is 11.4. The van der Waals surface area contributed by atoms with E-state index in [-0.39, 0.29) is 16.9 Å². The topological polar surface area (TPSA) is 79.5 Å². The van der Waals surface area contributed by atoms with E-state index in [9.17, 15) is 9.59 Å². The molecule has 0 aromatic heterocycles. The van der Waals surface area contributed by atoms with Crippen molar-refractivity contribution in [1.29, 1.82) is 0 Å². The lowest BCUT2D eigenvalue weighted by atomic mass is 10.0. The number of anilines is 2. The molecule has 0 atom stereocenters. The molecule has 3 aromatic carbocycles. The first kappa shape index (κ1) is 24.2. The Balaban J connectivity index is 1.65. The Morgan fingerprint density at radius 3 is 2.27 bits per heavy atom. The zero-order valence-corrected chi connectivity index (χ0v) is 20.0. The summed E-state index contributed by atoms with van der Waals surface area (Å²) in [5.41, 5.74) is 3.07. The SMILES string of the molecule is COc1cc(NC(=S)NC(=O)c2ccc(C(C)C)cc2)ccc1NC(=O)c1ccccc1Cl. The number of thiocarbonyl (C=S) groups is 1. The Bertz CT molecular complexity index is 1180. The minimum Gasteiger partial charge on any atom is -0.494 e. The van der Waals surface area contributed by atoms with E-state index in [4.69, 9.17) is 28.6 Å². The minimum absolute atomic E-state index is 0.142. The Labute approximate surface area is 203 Å². The molecule has 0 aliphatic carbocycles. The van der Waals surface area contributed by atoms with Crippen LogP contribution in [0.3, 0.4) is 0 Å². The van der Waals surface area contributed by atoms with Crippen molar-refractivity contribution in [3.8, 4) is 5.75 Å². The fourth-order valence-electron chi connectivity index (χ4n) is 3.06. The highest BCUT2D eigenvalue weighted by Gasteiger charge is 2.14. The number of amides is 2. The summed E-state index contributed by atoms with van der Waals surface area (Å²) < 4.78 is 5.40. The number of ether oxygens (including phenoxy) is 1. The van der Waals surface area contributed by atoms with Crippen LogP contribution in [-0.4, -0.2) is 24.0 Å². The highest BCUT2D eigenvalue weighted by atomic mass is 35.5. The highest BCUT2D eigenvalue weighted by Crippen LogP contribution is 2.29. The van der Waals surface area contributed by atoms with Crippen LogP contribution in [0.15, 0.2) is 66.7 Å². The molecule has 3 N–H and O–H groups in total. The second kappa shape index (κ2) is 10.9. The standard InChI is InChI=1S/C25H24ClN3O3S/c1-15(2)16-8-10-17(11-9-16)23(30)29-25(33)27-18-12-13-21(22(14-18)32-3)28-24(31)19-6-4-5-7-20(19)26/h4-15H,1-3H3,(H,28,31)(H2,27,29,30,33). The second-order valence-electron chi connectivity index (χ2n) is 7.53. The van der Waals surface area contributed by atoms with Gasteiger partial charge in [-0.05, 0) is 60.1 Å². The predicted molar refractivity (Wildman–Crippen MR) is 137 cm³/mol. The van der Waals surface area contributed by atoms with E-state index in [1.54, 1.807) is 54.6 Å². The first-order valence-corrected chi connectivity index (χ1v) is 11.0. The number of rotatable bonds is 6. The Morgan fingerprint density at radius 2 is 1.64 bits per heavy atom. The number of methoxy groups -OCH3 is 1. The minimum atomic E-state index is -0.356. The number of benzene rings is 3. The molecule has 0 fully saturated rings. The predicted octanol–water partition coefficient (Wildman–Crippen LogP) is 5.85. The van der Waals surface area contributed by atoms with Gasteiger partial charge in [0.2, 0.25) is 0 Å². The molecule has 0 aliphatic rings. The molecule has 8 heteroatoms. The van der Waals surface area contributed by atoms with Gasteiger partial charge in [-0.15, -0.1) is 0 Å². The van der Waals surface area contributed by atoms with Gasteiger partial charge in [0.15, 0.2) is 5.11 Å². The largest absolute Gasteiger partial charge is 0.494 e. The third-order valence-corrected chi connectivity index (χ3v) is 5.43. The summed E-state index contributed by atoms with van der Waals surface area (Å²) in [5.74, 6) is 0.139. The molecule has 0 bridgehead atoms. The second-order valence-corrected chi connectivity index (χ2v) is 8.35. The molecule has 3 aromatic rings. The molecule has 6 nitrogen and oxygen atoms in total. The van der Waals surface area contributed by atoms with Crippen molar-refractivity contribution in [2.45, 2.75) is 19.8 Å². The van der Waals surface area contributed by atoms with Crippen LogP contribution in [0.4, 0.5) is 11.4 Å². The third kappa shape index (κ3) is 6.31. The molecule has 0 saturated carbocycles. The van der Waals surface area contributed by atoms with E-state index < -0.39 is 0 Å². The van der Waals surface area contributed by atoms with Crippen molar-refractivity contribution in [2.75, 3.05) is 17.7 Å². The van der Waals surface area contributed by atoms with Gasteiger partial charge < -0.3 is 15.4 Å². The van der Waals surface area contributed by atoms with E-state index in [1.807, 2.05) is 12.1 Å². The van der Waals surface area contributed by atoms with Crippen LogP contribution in [0.1, 0.15) is 46.0 Å².